The second-order valence-corrected chi connectivity index (χ2v) is 8.59. The van der Waals surface area contributed by atoms with Crippen molar-refractivity contribution in [1.82, 2.24) is 5.32 Å². The fourth-order valence-corrected chi connectivity index (χ4v) is 4.37. The zero-order chi connectivity index (χ0) is 21.1. The van der Waals surface area contributed by atoms with Crippen molar-refractivity contribution in [2.45, 2.75) is 99.7 Å². The van der Waals surface area contributed by atoms with Crippen molar-refractivity contribution in [3.63, 3.8) is 0 Å². The summed E-state index contributed by atoms with van der Waals surface area (Å²) >= 11 is 0. The van der Waals surface area contributed by atoms with Crippen molar-refractivity contribution in [1.29, 1.82) is 0 Å². The van der Waals surface area contributed by atoms with Crippen LogP contribution in [-0.2, 0) is 18.9 Å². The highest BCUT2D eigenvalue weighted by Gasteiger charge is 2.47. The molecule has 0 spiro atoms. The van der Waals surface area contributed by atoms with Gasteiger partial charge in [-0.1, -0.05) is 0 Å². The first-order chi connectivity index (χ1) is 13.8. The number of hydrogen-bond donors (Lipinski definition) is 6. The first-order valence-electron chi connectivity index (χ1n) is 10.7. The number of nitrogens with one attached hydrogen (secondary N) is 1. The predicted octanol–water partition coefficient (Wildman–Crippen LogP) is -2.23. The molecule has 9 N–H and O–H groups in total. The number of aliphatic hydroxyl groups is 2. The molecule has 170 valence electrons. The van der Waals surface area contributed by atoms with Crippen LogP contribution in [0, 0.1) is 0 Å². The molecule has 3 fully saturated rings. The summed E-state index contributed by atoms with van der Waals surface area (Å²) in [5, 5.41) is 24.3. The van der Waals surface area contributed by atoms with Gasteiger partial charge in [0, 0.05) is 31.2 Å². The van der Waals surface area contributed by atoms with E-state index in [4.69, 9.17) is 36.1 Å². The Balaban J connectivity index is 1.65. The molecule has 3 aliphatic rings. The Morgan fingerprint density at radius 2 is 1.69 bits per heavy atom. The maximum atomic E-state index is 11.0. The number of aliphatic hydroxyl groups excluding tert-OH is 2. The summed E-state index contributed by atoms with van der Waals surface area (Å²) < 4.78 is 23.5. The number of likely N-dealkylation sites (N-methyl/N-ethyl adjacent to an activating group) is 1. The number of ether oxygens (including phenoxy) is 4. The van der Waals surface area contributed by atoms with E-state index in [0.29, 0.717) is 32.5 Å². The van der Waals surface area contributed by atoms with E-state index in [1.807, 2.05) is 14.0 Å². The van der Waals surface area contributed by atoms with Gasteiger partial charge in [-0.3, -0.25) is 0 Å². The number of nitrogens with two attached hydrogens (primary N) is 3. The molecule has 10 heteroatoms. The summed E-state index contributed by atoms with van der Waals surface area (Å²) in [6.45, 7) is 2.92. The molecule has 0 amide bonds. The normalized spacial score (nSPS) is 47.7. The summed E-state index contributed by atoms with van der Waals surface area (Å²) in [5.74, 6) is 0. The minimum Gasteiger partial charge on any atom is -0.388 e. The summed E-state index contributed by atoms with van der Waals surface area (Å²) in [6, 6.07) is -1.11. The average molecular weight is 419 g/mol. The van der Waals surface area contributed by atoms with E-state index in [9.17, 15) is 10.2 Å². The highest BCUT2D eigenvalue weighted by molar-refractivity contribution is 5.00. The van der Waals surface area contributed by atoms with Crippen molar-refractivity contribution >= 4 is 0 Å². The Labute approximate surface area is 172 Å². The molecule has 0 radical (unpaired) electrons. The Kier molecular flexibility index (Phi) is 8.24. The van der Waals surface area contributed by atoms with Gasteiger partial charge in [0.2, 0.25) is 0 Å². The first kappa shape index (κ1) is 23.3. The van der Waals surface area contributed by atoms with Crippen LogP contribution in [0.5, 0.6) is 0 Å². The molecule has 0 aromatic carbocycles. The lowest BCUT2D eigenvalue weighted by atomic mass is 9.84. The predicted molar refractivity (Wildman–Crippen MR) is 106 cm³/mol. The second kappa shape index (κ2) is 10.3. The quantitative estimate of drug-likeness (QED) is 0.278. The minimum atomic E-state index is -1.05. The molecular weight excluding hydrogens is 380 g/mol. The molecule has 0 bridgehead atoms. The Bertz CT molecular complexity index is 517. The van der Waals surface area contributed by atoms with Gasteiger partial charge in [-0.25, -0.2) is 0 Å². The molecule has 2 saturated heterocycles. The molecule has 2 aliphatic heterocycles. The maximum absolute atomic E-state index is 11.0. The van der Waals surface area contributed by atoms with Crippen LogP contribution in [-0.4, -0.2) is 97.6 Å². The number of rotatable bonds is 6. The van der Waals surface area contributed by atoms with Gasteiger partial charge < -0.3 is 51.7 Å². The van der Waals surface area contributed by atoms with Crippen LogP contribution in [0.2, 0.25) is 0 Å². The summed E-state index contributed by atoms with van der Waals surface area (Å²) in [7, 11) is 1.88. The lowest BCUT2D eigenvalue weighted by molar-refractivity contribution is -0.269. The standard InChI is InChI=1S/C19H38N4O6/c1-9(23-2)14-7-15(12(22)8-27-14)28-17-10(20)6-11(21)18(16(17)25)29-19-13(24)4-3-5-26-19/h9-19,23-25H,3-8,20-22H2,1-2H3/t9-,10-,11+,12-,13+,14+,15+,16+,17-,18+,19+/m1/s1. The Morgan fingerprint density at radius 1 is 1.00 bits per heavy atom. The smallest absolute Gasteiger partial charge is 0.183 e. The SMILES string of the molecule is CN[C@H](C)[C@@H]1C[C@H](O[C@H]2[C@H](O)[C@@H](O[C@@H]3OCCC[C@@H]3O)[C@@H](N)C[C@H]2N)[C@H](N)CO1. The van der Waals surface area contributed by atoms with Gasteiger partial charge in [-0.15, -0.1) is 0 Å². The van der Waals surface area contributed by atoms with Crippen LogP contribution in [0.15, 0.2) is 0 Å². The van der Waals surface area contributed by atoms with E-state index in [1.165, 1.54) is 0 Å². The first-order valence-corrected chi connectivity index (χ1v) is 10.7. The molecule has 29 heavy (non-hydrogen) atoms. The van der Waals surface area contributed by atoms with Gasteiger partial charge >= 0.3 is 0 Å². The molecule has 1 saturated carbocycles. The van der Waals surface area contributed by atoms with Crippen LogP contribution < -0.4 is 22.5 Å². The highest BCUT2D eigenvalue weighted by Crippen LogP contribution is 2.29. The van der Waals surface area contributed by atoms with E-state index in [-0.39, 0.29) is 24.3 Å². The van der Waals surface area contributed by atoms with Gasteiger partial charge in [0.25, 0.3) is 0 Å². The van der Waals surface area contributed by atoms with E-state index in [1.54, 1.807) is 0 Å². The fourth-order valence-electron chi connectivity index (χ4n) is 4.37. The average Bonchev–Trinajstić information content (AvgIpc) is 2.70. The summed E-state index contributed by atoms with van der Waals surface area (Å²) in [4.78, 5) is 0. The lowest BCUT2D eigenvalue weighted by Crippen LogP contribution is -2.65. The van der Waals surface area contributed by atoms with Crippen LogP contribution in [0.3, 0.4) is 0 Å². The van der Waals surface area contributed by atoms with Gasteiger partial charge in [0.15, 0.2) is 6.29 Å². The van der Waals surface area contributed by atoms with Crippen molar-refractivity contribution < 1.29 is 29.2 Å². The van der Waals surface area contributed by atoms with Crippen LogP contribution in [0.1, 0.15) is 32.6 Å². The summed E-state index contributed by atoms with van der Waals surface area (Å²) in [6.07, 6.45) is -2.01. The van der Waals surface area contributed by atoms with Crippen molar-refractivity contribution in [3.8, 4) is 0 Å². The zero-order valence-corrected chi connectivity index (χ0v) is 17.4. The van der Waals surface area contributed by atoms with Crippen molar-refractivity contribution in [3.05, 3.63) is 0 Å². The molecule has 0 unspecified atom stereocenters. The van der Waals surface area contributed by atoms with Crippen LogP contribution in [0.25, 0.3) is 0 Å². The molecule has 3 rings (SSSR count). The maximum Gasteiger partial charge on any atom is 0.183 e. The van der Waals surface area contributed by atoms with Crippen LogP contribution >= 0.6 is 0 Å². The largest absolute Gasteiger partial charge is 0.388 e. The van der Waals surface area contributed by atoms with E-state index < -0.39 is 42.8 Å². The number of hydrogen-bond acceptors (Lipinski definition) is 10. The molecule has 11 atom stereocenters. The second-order valence-electron chi connectivity index (χ2n) is 8.59. The zero-order valence-electron chi connectivity index (χ0n) is 17.4. The topological polar surface area (TPSA) is 167 Å². The third-order valence-electron chi connectivity index (χ3n) is 6.38. The molecule has 10 nitrogen and oxygen atoms in total. The van der Waals surface area contributed by atoms with Crippen molar-refractivity contribution in [2.24, 2.45) is 17.2 Å². The minimum absolute atomic E-state index is 0.0400. The lowest BCUT2D eigenvalue weighted by Gasteiger charge is -2.46. The van der Waals surface area contributed by atoms with Crippen molar-refractivity contribution in [2.75, 3.05) is 20.3 Å². The third-order valence-corrected chi connectivity index (χ3v) is 6.38. The molecule has 2 heterocycles. The van der Waals surface area contributed by atoms with Crippen LogP contribution in [0.4, 0.5) is 0 Å². The highest BCUT2D eigenvalue weighted by atomic mass is 16.7. The van der Waals surface area contributed by atoms with E-state index in [2.05, 4.69) is 5.32 Å². The monoisotopic (exact) mass is 418 g/mol. The van der Waals surface area contributed by atoms with Gasteiger partial charge in [-0.2, -0.15) is 0 Å². The summed E-state index contributed by atoms with van der Waals surface area (Å²) in [5.41, 5.74) is 18.7. The molecule has 1 aliphatic carbocycles. The Hall–Kier alpha value is -0.400. The van der Waals surface area contributed by atoms with Gasteiger partial charge in [0.05, 0.1) is 24.9 Å². The Morgan fingerprint density at radius 3 is 2.34 bits per heavy atom. The molecular formula is C19H38N4O6. The van der Waals surface area contributed by atoms with E-state index in [0.717, 1.165) is 6.42 Å². The molecule has 0 aromatic rings. The third kappa shape index (κ3) is 5.45. The fraction of sp³-hybridized carbons (Fsp3) is 1.00. The van der Waals surface area contributed by atoms with E-state index >= 15 is 0 Å². The van der Waals surface area contributed by atoms with Gasteiger partial charge in [0.1, 0.15) is 24.4 Å². The van der Waals surface area contributed by atoms with Gasteiger partial charge in [-0.05, 0) is 33.2 Å². The molecule has 0 aromatic heterocycles.